The second kappa shape index (κ2) is 4.28. The van der Waals surface area contributed by atoms with Crippen molar-refractivity contribution in [2.24, 2.45) is 7.05 Å². The van der Waals surface area contributed by atoms with Gasteiger partial charge in [-0.2, -0.15) is 0 Å². The third kappa shape index (κ3) is 2.70. The van der Waals surface area contributed by atoms with Gasteiger partial charge in [-0.1, -0.05) is 45.0 Å². The topological polar surface area (TPSA) is 43.6 Å². The van der Waals surface area contributed by atoms with Crippen LogP contribution in [0.15, 0.2) is 24.3 Å². The van der Waals surface area contributed by atoms with Gasteiger partial charge >= 0.3 is 0 Å². The number of aryl methyl sites for hydroxylation is 1. The molecule has 0 radical (unpaired) electrons. The van der Waals surface area contributed by atoms with Gasteiger partial charge in [-0.05, 0) is 27.0 Å². The Bertz CT molecular complexity index is 508. The predicted octanol–water partition coefficient (Wildman–Crippen LogP) is 2.10. The summed E-state index contributed by atoms with van der Waals surface area (Å²) < 4.78 is 1.71. The van der Waals surface area contributed by atoms with Crippen LogP contribution in [0, 0.1) is 0 Å². The third-order valence-corrected chi connectivity index (χ3v) is 2.86. The van der Waals surface area contributed by atoms with Crippen molar-refractivity contribution >= 4 is 0 Å². The molecule has 2 aromatic rings. The molecule has 0 fully saturated rings. The summed E-state index contributed by atoms with van der Waals surface area (Å²) in [6.07, 6.45) is 0.771. The molecule has 4 nitrogen and oxygen atoms in total. The zero-order valence-electron chi connectivity index (χ0n) is 10.8. The Morgan fingerprint density at radius 1 is 1.24 bits per heavy atom. The molecule has 1 aromatic carbocycles. The highest BCUT2D eigenvalue weighted by Gasteiger charge is 2.14. The number of tetrazole rings is 1. The lowest BCUT2D eigenvalue weighted by Gasteiger charge is -2.19. The SMILES string of the molecule is Cn1nnnc1Cc1cccc(C(C)(C)C)c1. The van der Waals surface area contributed by atoms with Crippen molar-refractivity contribution in [3.05, 3.63) is 41.2 Å². The Kier molecular flexibility index (Phi) is 2.96. The highest BCUT2D eigenvalue weighted by atomic mass is 15.5. The molecule has 1 aromatic heterocycles. The molecule has 17 heavy (non-hydrogen) atoms. The van der Waals surface area contributed by atoms with Crippen molar-refractivity contribution < 1.29 is 0 Å². The number of benzene rings is 1. The van der Waals surface area contributed by atoms with E-state index in [-0.39, 0.29) is 5.41 Å². The van der Waals surface area contributed by atoms with Gasteiger partial charge in [0.25, 0.3) is 0 Å². The van der Waals surface area contributed by atoms with E-state index in [9.17, 15) is 0 Å². The van der Waals surface area contributed by atoms with E-state index in [2.05, 4.69) is 60.6 Å². The number of aromatic nitrogens is 4. The zero-order chi connectivity index (χ0) is 12.5. The summed E-state index contributed by atoms with van der Waals surface area (Å²) in [5.41, 5.74) is 2.76. The average molecular weight is 230 g/mol. The van der Waals surface area contributed by atoms with Crippen molar-refractivity contribution in [2.45, 2.75) is 32.6 Å². The minimum Gasteiger partial charge on any atom is -0.232 e. The maximum atomic E-state index is 4.00. The van der Waals surface area contributed by atoms with Gasteiger partial charge in [0.05, 0.1) is 0 Å². The highest BCUT2D eigenvalue weighted by Crippen LogP contribution is 2.23. The van der Waals surface area contributed by atoms with E-state index in [1.54, 1.807) is 4.68 Å². The standard InChI is InChI=1S/C13H18N4/c1-13(2,3)11-7-5-6-10(8-11)9-12-14-15-16-17(12)4/h5-8H,9H2,1-4H3. The number of hydrogen-bond acceptors (Lipinski definition) is 3. The Morgan fingerprint density at radius 3 is 2.59 bits per heavy atom. The van der Waals surface area contributed by atoms with Crippen LogP contribution in [-0.2, 0) is 18.9 Å². The summed E-state index contributed by atoms with van der Waals surface area (Å²) in [7, 11) is 1.86. The normalized spacial score (nSPS) is 11.8. The summed E-state index contributed by atoms with van der Waals surface area (Å²) >= 11 is 0. The third-order valence-electron chi connectivity index (χ3n) is 2.86. The van der Waals surface area contributed by atoms with Gasteiger partial charge in [-0.25, -0.2) is 4.68 Å². The summed E-state index contributed by atoms with van der Waals surface area (Å²) in [6, 6.07) is 8.61. The first-order chi connectivity index (χ1) is 7.97. The molecule has 1 heterocycles. The predicted molar refractivity (Wildman–Crippen MR) is 66.7 cm³/mol. The Labute approximate surface area is 102 Å². The van der Waals surface area contributed by atoms with Gasteiger partial charge in [-0.15, -0.1) is 5.10 Å². The smallest absolute Gasteiger partial charge is 0.155 e. The number of hydrogen-bond donors (Lipinski definition) is 0. The first kappa shape index (κ1) is 11.8. The summed E-state index contributed by atoms with van der Waals surface area (Å²) in [4.78, 5) is 0. The van der Waals surface area contributed by atoms with Gasteiger partial charge in [0.1, 0.15) is 0 Å². The molecule has 90 valence electrons. The molecule has 0 aliphatic rings. The second-order valence-corrected chi connectivity index (χ2v) is 5.35. The average Bonchev–Trinajstić information content (AvgIpc) is 2.64. The van der Waals surface area contributed by atoms with Gasteiger partial charge in [0.2, 0.25) is 0 Å². The lowest BCUT2D eigenvalue weighted by Crippen LogP contribution is -2.11. The van der Waals surface area contributed by atoms with Gasteiger partial charge in [0, 0.05) is 13.5 Å². The molecular weight excluding hydrogens is 212 g/mol. The molecule has 0 amide bonds. The maximum Gasteiger partial charge on any atom is 0.155 e. The van der Waals surface area contributed by atoms with Crippen molar-refractivity contribution in [2.75, 3.05) is 0 Å². The van der Waals surface area contributed by atoms with Crippen LogP contribution in [0.25, 0.3) is 0 Å². The van der Waals surface area contributed by atoms with E-state index in [1.165, 1.54) is 11.1 Å². The van der Waals surface area contributed by atoms with Crippen LogP contribution >= 0.6 is 0 Å². The molecular formula is C13H18N4. The fourth-order valence-electron chi connectivity index (χ4n) is 1.73. The lowest BCUT2D eigenvalue weighted by molar-refractivity contribution is 0.589. The molecule has 0 bridgehead atoms. The summed E-state index contributed by atoms with van der Waals surface area (Å²) in [5, 5.41) is 11.5. The van der Waals surface area contributed by atoms with Crippen LogP contribution < -0.4 is 0 Å². The van der Waals surface area contributed by atoms with Crippen molar-refractivity contribution in [3.63, 3.8) is 0 Å². The molecule has 0 saturated heterocycles. The maximum absolute atomic E-state index is 4.00. The lowest BCUT2D eigenvalue weighted by atomic mass is 9.86. The fourth-order valence-corrected chi connectivity index (χ4v) is 1.73. The van der Waals surface area contributed by atoms with Gasteiger partial charge in [0.15, 0.2) is 5.82 Å². The Morgan fingerprint density at radius 2 is 2.00 bits per heavy atom. The molecule has 0 aliphatic heterocycles. The molecule has 0 saturated carbocycles. The van der Waals surface area contributed by atoms with E-state index < -0.39 is 0 Å². The highest BCUT2D eigenvalue weighted by molar-refractivity contribution is 5.30. The van der Waals surface area contributed by atoms with Crippen LogP contribution in [0.1, 0.15) is 37.7 Å². The van der Waals surface area contributed by atoms with Crippen LogP contribution in [0.3, 0.4) is 0 Å². The van der Waals surface area contributed by atoms with Crippen LogP contribution in [0.2, 0.25) is 0 Å². The summed E-state index contributed by atoms with van der Waals surface area (Å²) in [6.45, 7) is 6.65. The molecule has 0 unspecified atom stereocenters. The minimum atomic E-state index is 0.175. The van der Waals surface area contributed by atoms with Gasteiger partial charge < -0.3 is 0 Å². The first-order valence-electron chi connectivity index (χ1n) is 5.77. The molecule has 4 heteroatoms. The molecule has 0 N–H and O–H groups in total. The van der Waals surface area contributed by atoms with Crippen molar-refractivity contribution in [1.82, 2.24) is 20.2 Å². The molecule has 2 rings (SSSR count). The Hall–Kier alpha value is -1.71. The van der Waals surface area contributed by atoms with Gasteiger partial charge in [-0.3, -0.25) is 0 Å². The number of rotatable bonds is 2. The van der Waals surface area contributed by atoms with Crippen LogP contribution in [0.4, 0.5) is 0 Å². The molecule has 0 aliphatic carbocycles. The van der Waals surface area contributed by atoms with E-state index in [0.717, 1.165) is 12.2 Å². The van der Waals surface area contributed by atoms with Crippen LogP contribution in [0.5, 0.6) is 0 Å². The number of nitrogens with zero attached hydrogens (tertiary/aromatic N) is 4. The Balaban J connectivity index is 2.26. The van der Waals surface area contributed by atoms with Crippen molar-refractivity contribution in [3.8, 4) is 0 Å². The van der Waals surface area contributed by atoms with Crippen molar-refractivity contribution in [1.29, 1.82) is 0 Å². The zero-order valence-corrected chi connectivity index (χ0v) is 10.8. The quantitative estimate of drug-likeness (QED) is 0.793. The van der Waals surface area contributed by atoms with E-state index >= 15 is 0 Å². The van der Waals surface area contributed by atoms with E-state index in [1.807, 2.05) is 7.05 Å². The monoisotopic (exact) mass is 230 g/mol. The largest absolute Gasteiger partial charge is 0.232 e. The minimum absolute atomic E-state index is 0.175. The molecule has 0 spiro atoms. The first-order valence-corrected chi connectivity index (χ1v) is 5.77. The second-order valence-electron chi connectivity index (χ2n) is 5.35. The van der Waals surface area contributed by atoms with Crippen LogP contribution in [-0.4, -0.2) is 20.2 Å². The van der Waals surface area contributed by atoms with E-state index in [4.69, 9.17) is 0 Å². The fraction of sp³-hybridized carbons (Fsp3) is 0.462. The summed E-state index contributed by atoms with van der Waals surface area (Å²) in [5.74, 6) is 0.885. The van der Waals surface area contributed by atoms with E-state index in [0.29, 0.717) is 0 Å². The molecule has 0 atom stereocenters.